The molecule has 0 fully saturated rings. The fourth-order valence-electron chi connectivity index (χ4n) is 2.09. The first-order valence-electron chi connectivity index (χ1n) is 6.59. The summed E-state index contributed by atoms with van der Waals surface area (Å²) in [5.41, 5.74) is 1.75. The molecule has 3 rings (SSSR count). The minimum atomic E-state index is -0.847. The molecule has 0 saturated carbocycles. The fourth-order valence-corrected chi connectivity index (χ4v) is 2.73. The summed E-state index contributed by atoms with van der Waals surface area (Å²) in [6.07, 6.45) is 2.35. The number of halogens is 2. The Morgan fingerprint density at radius 2 is 1.77 bits per heavy atom. The van der Waals surface area contributed by atoms with E-state index >= 15 is 0 Å². The zero-order chi connectivity index (χ0) is 15.5. The Bertz CT molecular complexity index is 792. The van der Waals surface area contributed by atoms with Gasteiger partial charge in [-0.05, 0) is 24.3 Å². The van der Waals surface area contributed by atoms with E-state index < -0.39 is 6.10 Å². The van der Waals surface area contributed by atoms with Crippen molar-refractivity contribution in [3.05, 3.63) is 58.3 Å². The highest BCUT2D eigenvalue weighted by atomic mass is 35.5. The lowest BCUT2D eigenvalue weighted by Crippen LogP contribution is -2.14. The normalized spacial score (nSPS) is 12.3. The molecule has 5 nitrogen and oxygen atoms in total. The molecule has 0 saturated heterocycles. The molecule has 0 bridgehead atoms. The summed E-state index contributed by atoms with van der Waals surface area (Å²) in [4.78, 5) is 12.6. The quantitative estimate of drug-likeness (QED) is 0.764. The van der Waals surface area contributed by atoms with Crippen LogP contribution in [0.2, 0.25) is 10.0 Å². The topological polar surface area (TPSA) is 70.9 Å². The Morgan fingerprint density at radius 3 is 2.55 bits per heavy atom. The van der Waals surface area contributed by atoms with E-state index in [9.17, 15) is 5.11 Å². The van der Waals surface area contributed by atoms with Crippen molar-refractivity contribution >= 4 is 40.2 Å². The van der Waals surface area contributed by atoms with Crippen LogP contribution in [-0.2, 0) is 0 Å². The third kappa shape index (κ3) is 3.11. The second kappa shape index (κ2) is 6.44. The van der Waals surface area contributed by atoms with Crippen LogP contribution < -0.4 is 5.32 Å². The number of nitrogens with zero attached hydrogens (tertiary/aromatic N) is 3. The summed E-state index contributed by atoms with van der Waals surface area (Å²) in [5, 5.41) is 14.2. The minimum Gasteiger partial charge on any atom is -0.386 e. The van der Waals surface area contributed by atoms with Crippen LogP contribution in [0.4, 0.5) is 5.82 Å². The summed E-state index contributed by atoms with van der Waals surface area (Å²) in [6.45, 7) is 0.224. The average molecular weight is 335 g/mol. The molecule has 0 aliphatic carbocycles. The van der Waals surface area contributed by atoms with E-state index in [0.717, 1.165) is 0 Å². The van der Waals surface area contributed by atoms with Gasteiger partial charge in [-0.15, -0.1) is 0 Å². The Hall–Kier alpha value is -1.95. The molecule has 22 heavy (non-hydrogen) atoms. The van der Waals surface area contributed by atoms with Gasteiger partial charge in [0.25, 0.3) is 0 Å². The average Bonchev–Trinajstić information content (AvgIpc) is 2.52. The monoisotopic (exact) mass is 334 g/mol. The molecule has 0 spiro atoms. The highest BCUT2D eigenvalue weighted by molar-refractivity contribution is 6.36. The van der Waals surface area contributed by atoms with Gasteiger partial charge in [0.05, 0.1) is 6.10 Å². The number of benzene rings is 1. The van der Waals surface area contributed by atoms with Crippen molar-refractivity contribution in [3.63, 3.8) is 0 Å². The van der Waals surface area contributed by atoms with E-state index in [1.54, 1.807) is 36.7 Å². The summed E-state index contributed by atoms with van der Waals surface area (Å²) >= 11 is 12.2. The summed E-state index contributed by atoms with van der Waals surface area (Å²) in [6, 6.07) is 8.70. The van der Waals surface area contributed by atoms with Gasteiger partial charge in [-0.3, -0.25) is 4.98 Å². The molecule has 0 amide bonds. The van der Waals surface area contributed by atoms with Crippen molar-refractivity contribution in [2.45, 2.75) is 6.10 Å². The Kier molecular flexibility index (Phi) is 4.38. The lowest BCUT2D eigenvalue weighted by atomic mass is 10.1. The van der Waals surface area contributed by atoms with Gasteiger partial charge in [0.2, 0.25) is 0 Å². The standard InChI is InChI=1S/C15H12Cl2N4O/c16-9-2-1-3-10(17)14(9)12(22)8-20-13-5-4-11-15(21-13)19-7-6-18-11/h1-7,12,22H,8H2,(H,19,20,21). The van der Waals surface area contributed by atoms with Crippen LogP contribution in [-0.4, -0.2) is 26.6 Å². The van der Waals surface area contributed by atoms with E-state index in [1.807, 2.05) is 6.07 Å². The molecular formula is C15H12Cl2N4O. The predicted molar refractivity (Wildman–Crippen MR) is 87.2 cm³/mol. The lowest BCUT2D eigenvalue weighted by molar-refractivity contribution is 0.191. The van der Waals surface area contributed by atoms with Gasteiger partial charge >= 0.3 is 0 Å². The van der Waals surface area contributed by atoms with Crippen molar-refractivity contribution < 1.29 is 5.11 Å². The maximum Gasteiger partial charge on any atom is 0.180 e. The van der Waals surface area contributed by atoms with Crippen LogP contribution in [0.25, 0.3) is 11.2 Å². The number of rotatable bonds is 4. The molecule has 1 unspecified atom stereocenters. The third-order valence-electron chi connectivity index (χ3n) is 3.14. The molecule has 0 radical (unpaired) electrons. The highest BCUT2D eigenvalue weighted by Gasteiger charge is 2.15. The van der Waals surface area contributed by atoms with E-state index in [2.05, 4.69) is 20.3 Å². The zero-order valence-corrected chi connectivity index (χ0v) is 12.9. The Balaban J connectivity index is 1.76. The second-order valence-electron chi connectivity index (χ2n) is 4.63. The summed E-state index contributed by atoms with van der Waals surface area (Å²) in [7, 11) is 0. The van der Waals surface area contributed by atoms with Gasteiger partial charge in [-0.1, -0.05) is 29.3 Å². The molecule has 112 valence electrons. The molecule has 3 aromatic rings. The van der Waals surface area contributed by atoms with Crippen molar-refractivity contribution in [1.29, 1.82) is 0 Å². The van der Waals surface area contributed by atoms with E-state index in [0.29, 0.717) is 32.6 Å². The lowest BCUT2D eigenvalue weighted by Gasteiger charge is -2.15. The van der Waals surface area contributed by atoms with Crippen LogP contribution in [0.5, 0.6) is 0 Å². The summed E-state index contributed by atoms with van der Waals surface area (Å²) < 4.78 is 0. The number of aliphatic hydroxyl groups is 1. The number of hydrogen-bond acceptors (Lipinski definition) is 5. The first-order chi connectivity index (χ1) is 10.6. The van der Waals surface area contributed by atoms with Crippen molar-refractivity contribution in [3.8, 4) is 0 Å². The molecule has 1 aromatic carbocycles. The molecule has 0 aliphatic rings. The highest BCUT2D eigenvalue weighted by Crippen LogP contribution is 2.30. The largest absolute Gasteiger partial charge is 0.386 e. The number of anilines is 1. The number of nitrogens with one attached hydrogen (secondary N) is 1. The molecular weight excluding hydrogens is 323 g/mol. The van der Waals surface area contributed by atoms with Gasteiger partial charge in [-0.25, -0.2) is 9.97 Å². The predicted octanol–water partition coefficient (Wildman–Crippen LogP) is 3.48. The van der Waals surface area contributed by atoms with E-state index in [-0.39, 0.29) is 6.54 Å². The van der Waals surface area contributed by atoms with Gasteiger partial charge < -0.3 is 10.4 Å². The Morgan fingerprint density at radius 1 is 1.05 bits per heavy atom. The molecule has 7 heteroatoms. The Labute approximate surface area is 137 Å². The van der Waals surface area contributed by atoms with Crippen LogP contribution in [0, 0.1) is 0 Å². The van der Waals surface area contributed by atoms with Crippen LogP contribution in [0.1, 0.15) is 11.7 Å². The molecule has 2 heterocycles. The smallest absolute Gasteiger partial charge is 0.180 e. The SMILES string of the molecule is OC(CNc1ccc2nccnc2n1)c1c(Cl)cccc1Cl. The van der Waals surface area contributed by atoms with Gasteiger partial charge in [0.15, 0.2) is 5.65 Å². The van der Waals surface area contributed by atoms with Gasteiger partial charge in [-0.2, -0.15) is 0 Å². The van der Waals surface area contributed by atoms with Crippen LogP contribution >= 0.6 is 23.2 Å². The minimum absolute atomic E-state index is 0.224. The maximum absolute atomic E-state index is 10.3. The van der Waals surface area contributed by atoms with Gasteiger partial charge in [0, 0.05) is 34.5 Å². The number of hydrogen-bond donors (Lipinski definition) is 2. The molecule has 1 atom stereocenters. The fraction of sp³-hybridized carbons (Fsp3) is 0.133. The number of pyridine rings is 1. The molecule has 2 aromatic heterocycles. The number of aliphatic hydroxyl groups excluding tert-OH is 1. The van der Waals surface area contributed by atoms with E-state index in [4.69, 9.17) is 23.2 Å². The molecule has 2 N–H and O–H groups in total. The first kappa shape index (κ1) is 15.0. The number of aromatic nitrogens is 3. The molecule has 0 aliphatic heterocycles. The first-order valence-corrected chi connectivity index (χ1v) is 7.34. The van der Waals surface area contributed by atoms with Crippen LogP contribution in [0.3, 0.4) is 0 Å². The third-order valence-corrected chi connectivity index (χ3v) is 3.80. The maximum atomic E-state index is 10.3. The van der Waals surface area contributed by atoms with Crippen LogP contribution in [0.15, 0.2) is 42.7 Å². The van der Waals surface area contributed by atoms with Crippen molar-refractivity contribution in [1.82, 2.24) is 15.0 Å². The zero-order valence-electron chi connectivity index (χ0n) is 11.4. The van der Waals surface area contributed by atoms with Gasteiger partial charge in [0.1, 0.15) is 11.3 Å². The van der Waals surface area contributed by atoms with Crippen molar-refractivity contribution in [2.24, 2.45) is 0 Å². The second-order valence-corrected chi connectivity index (χ2v) is 5.44. The summed E-state index contributed by atoms with van der Waals surface area (Å²) in [5.74, 6) is 0.593. The number of fused-ring (bicyclic) bond motifs is 1. The van der Waals surface area contributed by atoms with E-state index in [1.165, 1.54) is 0 Å². The van der Waals surface area contributed by atoms with Crippen molar-refractivity contribution in [2.75, 3.05) is 11.9 Å².